The number of aryl methyl sites for hydroxylation is 1. The maximum Gasteiger partial charge on any atom is 0.218 e. The SMILES string of the molecule is Cc1ccc(CS(=O)(=O)N2CCSC(c3ccccc3Cl)CC2)cc1. The molecule has 1 unspecified atom stereocenters. The minimum Gasteiger partial charge on any atom is -0.212 e. The first-order valence-corrected chi connectivity index (χ1v) is 11.4. The first-order valence-electron chi connectivity index (χ1n) is 8.35. The molecule has 3 rings (SSSR count). The van der Waals surface area contributed by atoms with Crippen molar-refractivity contribution < 1.29 is 8.42 Å². The summed E-state index contributed by atoms with van der Waals surface area (Å²) in [6, 6.07) is 15.5. The van der Waals surface area contributed by atoms with E-state index in [4.69, 9.17) is 11.6 Å². The zero-order valence-electron chi connectivity index (χ0n) is 14.2. The van der Waals surface area contributed by atoms with E-state index in [1.165, 1.54) is 0 Å². The van der Waals surface area contributed by atoms with E-state index >= 15 is 0 Å². The van der Waals surface area contributed by atoms with Crippen LogP contribution >= 0.6 is 23.4 Å². The van der Waals surface area contributed by atoms with Gasteiger partial charge in [0, 0.05) is 29.1 Å². The van der Waals surface area contributed by atoms with Gasteiger partial charge in [0.2, 0.25) is 10.0 Å². The fourth-order valence-corrected chi connectivity index (χ4v) is 6.26. The molecular formula is C19H22ClNO2S2. The second-order valence-corrected chi connectivity index (χ2v) is 10.00. The maximum absolute atomic E-state index is 12.8. The van der Waals surface area contributed by atoms with E-state index in [0.717, 1.165) is 33.9 Å². The third-order valence-corrected chi connectivity index (χ3v) is 7.92. The normalized spacial score (nSPS) is 19.5. The van der Waals surface area contributed by atoms with Gasteiger partial charge in [-0.15, -0.1) is 0 Å². The number of rotatable bonds is 4. The standard InChI is InChI=1S/C19H22ClNO2S2/c1-15-6-8-16(9-7-15)14-25(22,23)21-11-10-19(24-13-12-21)17-4-2-3-5-18(17)20/h2-9,19H,10-14H2,1H3. The van der Waals surface area contributed by atoms with E-state index < -0.39 is 10.0 Å². The van der Waals surface area contributed by atoms with Gasteiger partial charge in [-0.3, -0.25) is 0 Å². The monoisotopic (exact) mass is 395 g/mol. The molecule has 6 heteroatoms. The smallest absolute Gasteiger partial charge is 0.212 e. The van der Waals surface area contributed by atoms with Crippen LogP contribution in [-0.4, -0.2) is 31.6 Å². The molecule has 134 valence electrons. The van der Waals surface area contributed by atoms with E-state index in [1.807, 2.05) is 55.5 Å². The Bertz CT molecular complexity index is 822. The molecule has 1 aliphatic heterocycles. The summed E-state index contributed by atoms with van der Waals surface area (Å²) in [6.45, 7) is 3.09. The zero-order valence-corrected chi connectivity index (χ0v) is 16.6. The predicted octanol–water partition coefficient (Wildman–Crippen LogP) is 4.66. The molecule has 0 spiro atoms. The van der Waals surface area contributed by atoms with Gasteiger partial charge in [0.25, 0.3) is 0 Å². The fraction of sp³-hybridized carbons (Fsp3) is 0.368. The molecule has 25 heavy (non-hydrogen) atoms. The summed E-state index contributed by atoms with van der Waals surface area (Å²) < 4.78 is 27.2. The average molecular weight is 396 g/mol. The summed E-state index contributed by atoms with van der Waals surface area (Å²) >= 11 is 8.10. The fourth-order valence-electron chi connectivity index (χ4n) is 3.00. The zero-order chi connectivity index (χ0) is 17.9. The van der Waals surface area contributed by atoms with Crippen LogP contribution in [-0.2, 0) is 15.8 Å². The Morgan fingerprint density at radius 3 is 2.56 bits per heavy atom. The quantitative estimate of drug-likeness (QED) is 0.755. The number of sulfonamides is 1. The molecule has 1 saturated heterocycles. The maximum atomic E-state index is 12.8. The Morgan fingerprint density at radius 2 is 1.84 bits per heavy atom. The van der Waals surface area contributed by atoms with Crippen molar-refractivity contribution in [1.82, 2.24) is 4.31 Å². The molecule has 1 heterocycles. The summed E-state index contributed by atoms with van der Waals surface area (Å²) in [5.41, 5.74) is 3.08. The lowest BCUT2D eigenvalue weighted by Crippen LogP contribution is -2.34. The Hall–Kier alpha value is -1.01. The third-order valence-electron chi connectivity index (χ3n) is 4.42. The third kappa shape index (κ3) is 4.79. The number of hydrogen-bond donors (Lipinski definition) is 0. The summed E-state index contributed by atoms with van der Waals surface area (Å²) in [6.07, 6.45) is 0.779. The van der Waals surface area contributed by atoms with Crippen LogP contribution in [0.1, 0.15) is 28.4 Å². The van der Waals surface area contributed by atoms with Gasteiger partial charge in [0.15, 0.2) is 0 Å². The molecule has 0 N–H and O–H groups in total. The number of thioether (sulfide) groups is 1. The minimum atomic E-state index is -3.30. The van der Waals surface area contributed by atoms with E-state index in [9.17, 15) is 8.42 Å². The molecule has 0 aromatic heterocycles. The summed E-state index contributed by atoms with van der Waals surface area (Å²) in [7, 11) is -3.30. The van der Waals surface area contributed by atoms with Crippen molar-refractivity contribution in [3.8, 4) is 0 Å². The van der Waals surface area contributed by atoms with Gasteiger partial charge in [0.1, 0.15) is 0 Å². The average Bonchev–Trinajstić information content (AvgIpc) is 2.84. The number of benzene rings is 2. The number of hydrogen-bond acceptors (Lipinski definition) is 3. The van der Waals surface area contributed by atoms with E-state index in [2.05, 4.69) is 0 Å². The van der Waals surface area contributed by atoms with Crippen molar-refractivity contribution in [2.24, 2.45) is 0 Å². The number of nitrogens with zero attached hydrogens (tertiary/aromatic N) is 1. The van der Waals surface area contributed by atoms with E-state index in [0.29, 0.717) is 13.1 Å². The van der Waals surface area contributed by atoms with Gasteiger partial charge < -0.3 is 0 Å². The van der Waals surface area contributed by atoms with Crippen molar-refractivity contribution >= 4 is 33.4 Å². The van der Waals surface area contributed by atoms with Crippen molar-refractivity contribution in [1.29, 1.82) is 0 Å². The lowest BCUT2D eigenvalue weighted by molar-refractivity contribution is 0.427. The van der Waals surface area contributed by atoms with Gasteiger partial charge in [0.05, 0.1) is 5.75 Å². The van der Waals surface area contributed by atoms with E-state index in [1.54, 1.807) is 16.1 Å². The van der Waals surface area contributed by atoms with Crippen LogP contribution in [0.4, 0.5) is 0 Å². The van der Waals surface area contributed by atoms with Crippen LogP contribution in [0.3, 0.4) is 0 Å². The molecule has 0 bridgehead atoms. The second-order valence-electron chi connectivity index (χ2n) is 6.31. The highest BCUT2D eigenvalue weighted by Gasteiger charge is 2.27. The molecule has 0 aliphatic carbocycles. The second kappa shape index (κ2) is 8.12. The lowest BCUT2D eigenvalue weighted by atomic mass is 10.1. The molecule has 0 saturated carbocycles. The summed E-state index contributed by atoms with van der Waals surface area (Å²) in [5, 5.41) is 1.00. The first kappa shape index (κ1) is 18.8. The van der Waals surface area contributed by atoms with Gasteiger partial charge in [-0.25, -0.2) is 12.7 Å². The highest BCUT2D eigenvalue weighted by molar-refractivity contribution is 7.99. The van der Waals surface area contributed by atoms with E-state index in [-0.39, 0.29) is 11.0 Å². The predicted molar refractivity (Wildman–Crippen MR) is 107 cm³/mol. The first-order chi connectivity index (χ1) is 12.0. The van der Waals surface area contributed by atoms with Gasteiger partial charge in [-0.2, -0.15) is 11.8 Å². The molecule has 1 aliphatic rings. The minimum absolute atomic E-state index is 0.0642. The van der Waals surface area contributed by atoms with Crippen LogP contribution in [0.5, 0.6) is 0 Å². The topological polar surface area (TPSA) is 37.4 Å². The van der Waals surface area contributed by atoms with Crippen molar-refractivity contribution in [2.75, 3.05) is 18.8 Å². The Kier molecular flexibility index (Phi) is 6.10. The van der Waals surface area contributed by atoms with Crippen molar-refractivity contribution in [2.45, 2.75) is 24.3 Å². The van der Waals surface area contributed by atoms with Crippen LogP contribution in [0, 0.1) is 6.92 Å². The van der Waals surface area contributed by atoms with Gasteiger partial charge >= 0.3 is 0 Å². The van der Waals surface area contributed by atoms with Gasteiger partial charge in [-0.1, -0.05) is 59.6 Å². The Balaban J connectivity index is 1.69. The molecule has 3 nitrogen and oxygen atoms in total. The highest BCUT2D eigenvalue weighted by Crippen LogP contribution is 2.38. The molecule has 2 aromatic rings. The largest absolute Gasteiger partial charge is 0.218 e. The molecular weight excluding hydrogens is 374 g/mol. The van der Waals surface area contributed by atoms with Gasteiger partial charge in [-0.05, 0) is 30.5 Å². The Labute approximate surface area is 159 Å². The highest BCUT2D eigenvalue weighted by atomic mass is 35.5. The molecule has 1 atom stereocenters. The Morgan fingerprint density at radius 1 is 1.12 bits per heavy atom. The molecule has 1 fully saturated rings. The van der Waals surface area contributed by atoms with Crippen LogP contribution < -0.4 is 0 Å². The summed E-state index contributed by atoms with van der Waals surface area (Å²) in [4.78, 5) is 0. The van der Waals surface area contributed by atoms with Crippen molar-refractivity contribution in [3.63, 3.8) is 0 Å². The lowest BCUT2D eigenvalue weighted by Gasteiger charge is -2.20. The molecule has 0 amide bonds. The van der Waals surface area contributed by atoms with Crippen LogP contribution in [0.15, 0.2) is 48.5 Å². The summed E-state index contributed by atoms with van der Waals surface area (Å²) in [5.74, 6) is 0.845. The number of halogens is 1. The van der Waals surface area contributed by atoms with Crippen LogP contribution in [0.25, 0.3) is 0 Å². The molecule has 2 aromatic carbocycles. The van der Waals surface area contributed by atoms with Crippen LogP contribution in [0.2, 0.25) is 5.02 Å². The molecule has 0 radical (unpaired) electrons. The van der Waals surface area contributed by atoms with Crippen molar-refractivity contribution in [3.05, 3.63) is 70.2 Å².